The van der Waals surface area contributed by atoms with Crippen LogP contribution in [0.1, 0.15) is 30.3 Å². The molecule has 0 aliphatic heterocycles. The molecule has 0 saturated carbocycles. The lowest BCUT2D eigenvalue weighted by Crippen LogP contribution is -2.33. The largest absolute Gasteiger partial charge is 0.308 e. The first-order chi connectivity index (χ1) is 9.16. The van der Waals surface area contributed by atoms with E-state index in [2.05, 4.69) is 71.9 Å². The van der Waals surface area contributed by atoms with Gasteiger partial charge in [-0.05, 0) is 26.6 Å². The highest BCUT2D eigenvalue weighted by molar-refractivity contribution is 7.07. The summed E-state index contributed by atoms with van der Waals surface area (Å²) in [6, 6.07) is 11.2. The molecule has 0 radical (unpaired) electrons. The fraction of sp³-hybridized carbons (Fsp3) is 0.400. The van der Waals surface area contributed by atoms with Gasteiger partial charge in [0, 0.05) is 24.0 Å². The summed E-state index contributed by atoms with van der Waals surface area (Å²) < 4.78 is 0. The van der Waals surface area contributed by atoms with Crippen LogP contribution in [-0.2, 0) is 0 Å². The molecule has 3 nitrogen and oxygen atoms in total. The van der Waals surface area contributed by atoms with Crippen LogP contribution in [0.15, 0.2) is 41.2 Å². The lowest BCUT2D eigenvalue weighted by atomic mass is 10.1. The van der Waals surface area contributed by atoms with E-state index in [1.54, 1.807) is 11.3 Å². The van der Waals surface area contributed by atoms with Crippen molar-refractivity contribution in [3.63, 3.8) is 0 Å². The van der Waals surface area contributed by atoms with E-state index in [9.17, 15) is 0 Å². The minimum absolute atomic E-state index is 0.261. The topological polar surface area (TPSA) is 28.2 Å². The summed E-state index contributed by atoms with van der Waals surface area (Å²) in [5.74, 6) is 0. The molecular formula is C15H21N3S. The zero-order valence-electron chi connectivity index (χ0n) is 11.7. The van der Waals surface area contributed by atoms with Gasteiger partial charge in [0.25, 0.3) is 0 Å². The zero-order chi connectivity index (χ0) is 13.7. The van der Waals surface area contributed by atoms with Crippen molar-refractivity contribution >= 4 is 11.3 Å². The van der Waals surface area contributed by atoms with Crippen LogP contribution in [-0.4, -0.2) is 30.5 Å². The van der Waals surface area contributed by atoms with Gasteiger partial charge < -0.3 is 10.2 Å². The molecule has 0 amide bonds. The summed E-state index contributed by atoms with van der Waals surface area (Å²) in [5, 5.41) is 5.78. The zero-order valence-corrected chi connectivity index (χ0v) is 12.5. The molecule has 1 N–H and O–H groups in total. The molecule has 2 aromatic rings. The minimum Gasteiger partial charge on any atom is -0.308 e. The number of rotatable bonds is 6. The lowest BCUT2D eigenvalue weighted by molar-refractivity contribution is 0.324. The highest BCUT2D eigenvalue weighted by atomic mass is 32.1. The third-order valence-electron chi connectivity index (χ3n) is 3.10. The Morgan fingerprint density at radius 1 is 1.26 bits per heavy atom. The van der Waals surface area contributed by atoms with E-state index in [1.807, 2.05) is 5.51 Å². The molecule has 1 heterocycles. The Morgan fingerprint density at radius 2 is 2.00 bits per heavy atom. The van der Waals surface area contributed by atoms with Crippen LogP contribution in [0, 0.1) is 0 Å². The van der Waals surface area contributed by atoms with E-state index in [0.29, 0.717) is 6.04 Å². The summed E-state index contributed by atoms with van der Waals surface area (Å²) in [5.41, 5.74) is 4.32. The molecule has 2 rings (SSSR count). The second-order valence-corrected chi connectivity index (χ2v) is 5.75. The van der Waals surface area contributed by atoms with Crippen molar-refractivity contribution in [1.82, 2.24) is 15.2 Å². The van der Waals surface area contributed by atoms with Gasteiger partial charge in [-0.25, -0.2) is 4.98 Å². The maximum atomic E-state index is 4.38. The molecule has 0 bridgehead atoms. The third kappa shape index (κ3) is 4.13. The molecule has 1 aromatic heterocycles. The normalized spacial score (nSPS) is 14.5. The Labute approximate surface area is 119 Å². The first-order valence-corrected chi connectivity index (χ1v) is 7.45. The fourth-order valence-electron chi connectivity index (χ4n) is 2.13. The first kappa shape index (κ1) is 14.2. The van der Waals surface area contributed by atoms with Crippen molar-refractivity contribution in [3.05, 3.63) is 52.5 Å². The Hall–Kier alpha value is -1.23. The molecule has 1 aromatic carbocycles. The molecule has 0 fully saturated rings. The fourth-order valence-corrected chi connectivity index (χ4v) is 2.78. The van der Waals surface area contributed by atoms with Gasteiger partial charge in [-0.1, -0.05) is 30.3 Å². The Kier molecular flexibility index (Phi) is 5.07. The Bertz CT molecular complexity index is 467. The summed E-state index contributed by atoms with van der Waals surface area (Å²) in [6.45, 7) is 3.14. The van der Waals surface area contributed by atoms with Crippen LogP contribution in [0.3, 0.4) is 0 Å². The molecule has 0 aliphatic carbocycles. The Balaban J connectivity index is 2.10. The number of benzene rings is 1. The predicted octanol–water partition coefficient (Wildman–Crippen LogP) is 3.10. The van der Waals surface area contributed by atoms with Crippen LogP contribution < -0.4 is 5.32 Å². The number of likely N-dealkylation sites (N-methyl/N-ethyl adjacent to an activating group) is 1. The summed E-state index contributed by atoms with van der Waals surface area (Å²) in [4.78, 5) is 6.59. The van der Waals surface area contributed by atoms with Gasteiger partial charge in [0.1, 0.15) is 0 Å². The van der Waals surface area contributed by atoms with E-state index >= 15 is 0 Å². The molecule has 19 heavy (non-hydrogen) atoms. The molecule has 0 saturated heterocycles. The molecular weight excluding hydrogens is 254 g/mol. The highest BCUT2D eigenvalue weighted by Crippen LogP contribution is 2.20. The average Bonchev–Trinajstić information content (AvgIpc) is 2.92. The van der Waals surface area contributed by atoms with E-state index < -0.39 is 0 Å². The van der Waals surface area contributed by atoms with Crippen molar-refractivity contribution in [1.29, 1.82) is 0 Å². The summed E-state index contributed by atoms with van der Waals surface area (Å²) in [7, 11) is 4.20. The number of thiazole rings is 1. The van der Waals surface area contributed by atoms with Gasteiger partial charge in [-0.2, -0.15) is 0 Å². The number of aromatic nitrogens is 1. The van der Waals surface area contributed by atoms with Crippen molar-refractivity contribution in [3.8, 4) is 0 Å². The molecule has 2 unspecified atom stereocenters. The predicted molar refractivity (Wildman–Crippen MR) is 81.4 cm³/mol. The summed E-state index contributed by atoms with van der Waals surface area (Å²) in [6.07, 6.45) is 0. The standard InChI is InChI=1S/C15H21N3S/c1-12(15-10-19-11-16-15)17-14(9-18(2)3)13-7-5-4-6-8-13/h4-8,10-12,14,17H,9H2,1-3H3. The number of nitrogens with zero attached hydrogens (tertiary/aromatic N) is 2. The molecule has 4 heteroatoms. The third-order valence-corrected chi connectivity index (χ3v) is 3.70. The number of nitrogens with one attached hydrogen (secondary N) is 1. The van der Waals surface area contributed by atoms with E-state index in [-0.39, 0.29) is 6.04 Å². The van der Waals surface area contributed by atoms with Crippen molar-refractivity contribution in [2.45, 2.75) is 19.0 Å². The van der Waals surface area contributed by atoms with Crippen molar-refractivity contribution in [2.24, 2.45) is 0 Å². The molecule has 102 valence electrons. The van der Waals surface area contributed by atoms with Gasteiger partial charge in [-0.3, -0.25) is 0 Å². The molecule has 0 spiro atoms. The maximum absolute atomic E-state index is 4.38. The average molecular weight is 275 g/mol. The second-order valence-electron chi connectivity index (χ2n) is 5.03. The first-order valence-electron chi connectivity index (χ1n) is 6.50. The molecule has 2 atom stereocenters. The van der Waals surface area contributed by atoms with Crippen LogP contribution >= 0.6 is 11.3 Å². The van der Waals surface area contributed by atoms with Crippen molar-refractivity contribution in [2.75, 3.05) is 20.6 Å². The highest BCUT2D eigenvalue weighted by Gasteiger charge is 2.16. The lowest BCUT2D eigenvalue weighted by Gasteiger charge is -2.26. The quantitative estimate of drug-likeness (QED) is 0.878. The van der Waals surface area contributed by atoms with Gasteiger partial charge in [0.05, 0.1) is 11.2 Å². The monoisotopic (exact) mass is 275 g/mol. The van der Waals surface area contributed by atoms with E-state index in [4.69, 9.17) is 0 Å². The minimum atomic E-state index is 0.261. The van der Waals surface area contributed by atoms with E-state index in [1.165, 1.54) is 5.56 Å². The smallest absolute Gasteiger partial charge is 0.0795 e. The second kappa shape index (κ2) is 6.80. The van der Waals surface area contributed by atoms with Crippen molar-refractivity contribution < 1.29 is 0 Å². The maximum Gasteiger partial charge on any atom is 0.0795 e. The van der Waals surface area contributed by atoms with Crippen LogP contribution in [0.4, 0.5) is 0 Å². The van der Waals surface area contributed by atoms with Crippen LogP contribution in [0.2, 0.25) is 0 Å². The number of hydrogen-bond donors (Lipinski definition) is 1. The number of hydrogen-bond acceptors (Lipinski definition) is 4. The molecule has 0 aliphatic rings. The van der Waals surface area contributed by atoms with Crippen LogP contribution in [0.25, 0.3) is 0 Å². The summed E-state index contributed by atoms with van der Waals surface area (Å²) >= 11 is 1.64. The SMILES string of the molecule is CC(NC(CN(C)C)c1ccccc1)c1cscn1. The van der Waals surface area contributed by atoms with E-state index in [0.717, 1.165) is 12.2 Å². The van der Waals surface area contributed by atoms with Gasteiger partial charge in [0.15, 0.2) is 0 Å². The van der Waals surface area contributed by atoms with Crippen LogP contribution in [0.5, 0.6) is 0 Å². The van der Waals surface area contributed by atoms with Gasteiger partial charge >= 0.3 is 0 Å². The Morgan fingerprint density at radius 3 is 2.58 bits per heavy atom. The van der Waals surface area contributed by atoms with Gasteiger partial charge in [0.2, 0.25) is 0 Å². The van der Waals surface area contributed by atoms with Gasteiger partial charge in [-0.15, -0.1) is 11.3 Å².